The summed E-state index contributed by atoms with van der Waals surface area (Å²) in [6, 6.07) is 17.3. The van der Waals surface area contributed by atoms with E-state index in [0.29, 0.717) is 5.22 Å². The molecule has 26 heavy (non-hydrogen) atoms. The van der Waals surface area contributed by atoms with Crippen molar-refractivity contribution in [2.75, 3.05) is 11.4 Å². The lowest BCUT2D eigenvalue weighted by molar-refractivity contribution is 0.0813. The molecule has 0 atom stereocenters. The zero-order valence-corrected chi connectivity index (χ0v) is 14.6. The average Bonchev–Trinajstić information content (AvgIpc) is 3.30. The molecule has 128 valence electrons. The number of hydrogen-bond donors (Lipinski definition) is 0. The van der Waals surface area contributed by atoms with E-state index in [-0.39, 0.29) is 6.54 Å². The Labute approximate surface area is 153 Å². The Morgan fingerprint density at radius 3 is 2.46 bits per heavy atom. The Morgan fingerprint density at radius 2 is 1.69 bits per heavy atom. The zero-order valence-electron chi connectivity index (χ0n) is 13.8. The minimum atomic E-state index is -2.87. The number of alkyl halides is 2. The fourth-order valence-corrected chi connectivity index (χ4v) is 4.49. The molecule has 5 rings (SSSR count). The van der Waals surface area contributed by atoms with E-state index in [2.05, 4.69) is 18.2 Å². The fourth-order valence-electron chi connectivity index (χ4n) is 3.74. The lowest BCUT2D eigenvalue weighted by atomic mass is 9.97. The highest BCUT2D eigenvalue weighted by molar-refractivity contribution is 7.11. The van der Waals surface area contributed by atoms with Crippen LogP contribution in [0.15, 0.2) is 66.1 Å². The number of thiophene rings is 1. The molecule has 0 radical (unpaired) electrons. The molecule has 2 aliphatic rings. The monoisotopic (exact) mass is 363 g/mol. The molecule has 0 saturated heterocycles. The van der Waals surface area contributed by atoms with Gasteiger partial charge in [0.25, 0.3) is 5.92 Å². The maximum Gasteiger partial charge on any atom is 0.284 e. The van der Waals surface area contributed by atoms with E-state index in [1.165, 1.54) is 0 Å². The van der Waals surface area contributed by atoms with Crippen LogP contribution in [-0.2, 0) is 0 Å². The number of benzene rings is 2. The van der Waals surface area contributed by atoms with Gasteiger partial charge in [0.15, 0.2) is 0 Å². The summed E-state index contributed by atoms with van der Waals surface area (Å²) in [5, 5.41) is 3.70. The topological polar surface area (TPSA) is 3.24 Å². The standard InChI is InChI=1S/C22H15F2NS/c23-22(24)13-16-9-8-15-10-11-18(19-7-4-12-26-19)20(15)21(16)25(14-22)17-5-2-1-3-6-17/h1-13H,14H2. The molecular weight excluding hydrogens is 348 g/mol. The minimum absolute atomic E-state index is 0.349. The number of fused-ring (bicyclic) bond motifs is 3. The molecule has 1 aliphatic heterocycles. The third-order valence-electron chi connectivity index (χ3n) is 4.80. The van der Waals surface area contributed by atoms with Crippen molar-refractivity contribution in [3.8, 4) is 0 Å². The molecule has 0 fully saturated rings. The van der Waals surface area contributed by atoms with E-state index in [1.807, 2.05) is 47.8 Å². The van der Waals surface area contributed by atoms with E-state index in [0.717, 1.165) is 38.7 Å². The molecule has 0 amide bonds. The Kier molecular flexibility index (Phi) is 3.37. The summed E-state index contributed by atoms with van der Waals surface area (Å²) in [6.45, 7) is -0.349. The van der Waals surface area contributed by atoms with Crippen LogP contribution in [0.25, 0.3) is 17.7 Å². The summed E-state index contributed by atoms with van der Waals surface area (Å²) in [7, 11) is 0. The molecule has 2 aromatic carbocycles. The Balaban J connectivity index is 1.81. The first-order valence-electron chi connectivity index (χ1n) is 8.45. The first-order valence-corrected chi connectivity index (χ1v) is 9.33. The molecule has 0 N–H and O–H groups in total. The minimum Gasteiger partial charge on any atom is -0.334 e. The second-order valence-corrected chi connectivity index (χ2v) is 7.47. The van der Waals surface area contributed by atoms with Crippen LogP contribution in [-0.4, -0.2) is 12.5 Å². The van der Waals surface area contributed by atoms with Crippen molar-refractivity contribution in [1.29, 1.82) is 0 Å². The molecule has 1 nitrogen and oxygen atoms in total. The summed E-state index contributed by atoms with van der Waals surface area (Å²) < 4.78 is 28.8. The molecule has 0 saturated carbocycles. The van der Waals surface area contributed by atoms with Gasteiger partial charge in [-0.05, 0) is 34.9 Å². The van der Waals surface area contributed by atoms with E-state index in [4.69, 9.17) is 0 Å². The van der Waals surface area contributed by atoms with Gasteiger partial charge in [0, 0.05) is 26.9 Å². The summed E-state index contributed by atoms with van der Waals surface area (Å²) in [5.41, 5.74) is 3.80. The largest absolute Gasteiger partial charge is 0.334 e. The first kappa shape index (κ1) is 15.5. The number of hydrogen-bond acceptors (Lipinski definition) is 2. The molecule has 0 bridgehead atoms. The summed E-state index contributed by atoms with van der Waals surface area (Å²) >= 11 is 1.67. The molecule has 2 heterocycles. The molecular formula is C22H15F2NS. The van der Waals surface area contributed by atoms with Gasteiger partial charge in [0.1, 0.15) is 0 Å². The van der Waals surface area contributed by atoms with E-state index >= 15 is 0 Å². The average molecular weight is 363 g/mol. The number of allylic oxidation sites excluding steroid dienone is 1. The van der Waals surface area contributed by atoms with E-state index in [1.54, 1.807) is 22.3 Å². The van der Waals surface area contributed by atoms with Crippen LogP contribution >= 0.6 is 11.3 Å². The van der Waals surface area contributed by atoms with Gasteiger partial charge in [-0.2, -0.15) is 8.78 Å². The van der Waals surface area contributed by atoms with Crippen molar-refractivity contribution < 1.29 is 8.78 Å². The van der Waals surface area contributed by atoms with Gasteiger partial charge in [0.05, 0.1) is 12.2 Å². The van der Waals surface area contributed by atoms with Gasteiger partial charge >= 0.3 is 0 Å². The maximum atomic E-state index is 14.4. The van der Waals surface area contributed by atoms with Crippen LogP contribution in [0.2, 0.25) is 0 Å². The van der Waals surface area contributed by atoms with Crippen LogP contribution in [0.3, 0.4) is 0 Å². The Bertz CT molecular complexity index is 1130. The third kappa shape index (κ3) is 2.41. The van der Waals surface area contributed by atoms with E-state index in [9.17, 15) is 8.78 Å². The number of anilines is 2. The smallest absolute Gasteiger partial charge is 0.284 e. The van der Waals surface area contributed by atoms with Crippen LogP contribution < -0.4 is 15.3 Å². The zero-order chi connectivity index (χ0) is 17.7. The van der Waals surface area contributed by atoms with Gasteiger partial charge in [-0.3, -0.25) is 0 Å². The number of rotatable bonds is 2. The van der Waals surface area contributed by atoms with Crippen molar-refractivity contribution in [3.63, 3.8) is 0 Å². The maximum absolute atomic E-state index is 14.4. The Morgan fingerprint density at radius 1 is 0.885 bits per heavy atom. The molecule has 1 aliphatic carbocycles. The van der Waals surface area contributed by atoms with Crippen LogP contribution in [0, 0.1) is 0 Å². The number of halogens is 2. The van der Waals surface area contributed by atoms with Crippen LogP contribution in [0.1, 0.15) is 10.4 Å². The molecule has 3 aromatic rings. The summed E-state index contributed by atoms with van der Waals surface area (Å²) in [5.74, 6) is -2.87. The SMILES string of the molecule is FC1(F)C=c2ccc3c(c2N(c2ccccc2)C1)C(c1cccs1)=CC=3. The fraction of sp³-hybridized carbons (Fsp3) is 0.0909. The van der Waals surface area contributed by atoms with Gasteiger partial charge in [-0.15, -0.1) is 11.3 Å². The second-order valence-electron chi connectivity index (χ2n) is 6.52. The van der Waals surface area contributed by atoms with Crippen molar-refractivity contribution >= 4 is 40.4 Å². The van der Waals surface area contributed by atoms with Crippen molar-refractivity contribution in [1.82, 2.24) is 0 Å². The van der Waals surface area contributed by atoms with Gasteiger partial charge in [0.2, 0.25) is 0 Å². The first-order chi connectivity index (χ1) is 12.6. The molecule has 4 heteroatoms. The third-order valence-corrected chi connectivity index (χ3v) is 5.70. The van der Waals surface area contributed by atoms with Crippen LogP contribution in [0.5, 0.6) is 0 Å². The molecule has 1 aromatic heterocycles. The number of para-hydroxylation sites is 1. The predicted molar refractivity (Wildman–Crippen MR) is 104 cm³/mol. The van der Waals surface area contributed by atoms with E-state index < -0.39 is 5.92 Å². The lowest BCUT2D eigenvalue weighted by Crippen LogP contribution is -2.42. The highest BCUT2D eigenvalue weighted by Crippen LogP contribution is 2.38. The molecule has 0 unspecified atom stereocenters. The summed E-state index contributed by atoms with van der Waals surface area (Å²) in [4.78, 5) is 2.91. The highest BCUT2D eigenvalue weighted by Gasteiger charge is 2.36. The highest BCUT2D eigenvalue weighted by atomic mass is 32.1. The van der Waals surface area contributed by atoms with Gasteiger partial charge in [-0.25, -0.2) is 0 Å². The molecule has 0 spiro atoms. The van der Waals surface area contributed by atoms with Crippen molar-refractivity contribution in [2.45, 2.75) is 5.92 Å². The quantitative estimate of drug-likeness (QED) is 0.646. The lowest BCUT2D eigenvalue weighted by Gasteiger charge is -2.34. The van der Waals surface area contributed by atoms with Crippen molar-refractivity contribution in [2.24, 2.45) is 0 Å². The number of nitrogens with zero attached hydrogens (tertiary/aromatic N) is 1. The predicted octanol–water partition coefficient (Wildman–Crippen LogP) is 4.54. The van der Waals surface area contributed by atoms with Gasteiger partial charge in [-0.1, -0.05) is 48.6 Å². The summed E-state index contributed by atoms with van der Waals surface area (Å²) in [6.07, 6.45) is 5.26. The second kappa shape index (κ2) is 5.64. The van der Waals surface area contributed by atoms with Crippen molar-refractivity contribution in [3.05, 3.63) is 86.9 Å². The van der Waals surface area contributed by atoms with Gasteiger partial charge < -0.3 is 4.90 Å². The normalized spacial score (nSPS) is 17.0. The Hall–Kier alpha value is -2.72. The van der Waals surface area contributed by atoms with Crippen LogP contribution in [0.4, 0.5) is 20.2 Å².